The third kappa shape index (κ3) is 5.20. The van der Waals surface area contributed by atoms with Gasteiger partial charge in [-0.1, -0.05) is 25.8 Å². The van der Waals surface area contributed by atoms with Gasteiger partial charge in [-0.25, -0.2) is 4.79 Å². The van der Waals surface area contributed by atoms with Gasteiger partial charge >= 0.3 is 11.9 Å². The van der Waals surface area contributed by atoms with Crippen molar-refractivity contribution in [3.05, 3.63) is 11.1 Å². The predicted octanol–water partition coefficient (Wildman–Crippen LogP) is 2.44. The van der Waals surface area contributed by atoms with E-state index in [2.05, 4.69) is 0 Å². The van der Waals surface area contributed by atoms with Crippen molar-refractivity contribution in [3.8, 4) is 0 Å². The molecule has 0 amide bonds. The minimum Gasteiger partial charge on any atom is -0.481 e. The van der Waals surface area contributed by atoms with E-state index in [1.54, 1.807) is 0 Å². The molecule has 4 heteroatoms. The molecule has 4 nitrogen and oxygen atoms in total. The zero-order valence-electron chi connectivity index (χ0n) is 9.25. The smallest absolute Gasteiger partial charge is 0.331 e. The second-order valence-electron chi connectivity index (χ2n) is 3.38. The van der Waals surface area contributed by atoms with Gasteiger partial charge in [0.15, 0.2) is 0 Å². The topological polar surface area (TPSA) is 74.6 Å². The first-order chi connectivity index (χ1) is 7.02. The highest BCUT2D eigenvalue weighted by Gasteiger charge is 2.13. The lowest BCUT2D eigenvalue weighted by Crippen LogP contribution is -2.06. The van der Waals surface area contributed by atoms with E-state index >= 15 is 0 Å². The minimum atomic E-state index is -0.918. The molecule has 0 rings (SSSR count). The van der Waals surface area contributed by atoms with Crippen LogP contribution in [-0.4, -0.2) is 22.2 Å². The van der Waals surface area contributed by atoms with Gasteiger partial charge in [0, 0.05) is 12.0 Å². The second kappa shape index (κ2) is 7.04. The molecule has 0 atom stereocenters. The third-order valence-corrected chi connectivity index (χ3v) is 2.25. The monoisotopic (exact) mass is 214 g/mol. The number of carboxylic acids is 2. The van der Waals surface area contributed by atoms with Crippen LogP contribution in [0.2, 0.25) is 0 Å². The van der Waals surface area contributed by atoms with Gasteiger partial charge in [-0.05, 0) is 19.3 Å². The maximum atomic E-state index is 10.9. The first kappa shape index (κ1) is 13.7. The lowest BCUT2D eigenvalue weighted by molar-refractivity contribution is -0.137. The number of carbonyl (C=O) groups is 2. The van der Waals surface area contributed by atoms with E-state index in [4.69, 9.17) is 10.2 Å². The van der Waals surface area contributed by atoms with Gasteiger partial charge in [-0.15, -0.1) is 0 Å². The van der Waals surface area contributed by atoms with Crippen molar-refractivity contribution < 1.29 is 19.8 Å². The largest absolute Gasteiger partial charge is 0.481 e. The summed E-state index contributed by atoms with van der Waals surface area (Å²) in [6.45, 7) is 3.77. The van der Waals surface area contributed by atoms with Gasteiger partial charge in [0.25, 0.3) is 0 Å². The number of carboxylic acid groups (broad SMARTS) is 2. The van der Waals surface area contributed by atoms with Crippen LogP contribution in [-0.2, 0) is 9.59 Å². The summed E-state index contributed by atoms with van der Waals surface area (Å²) in [5, 5.41) is 17.5. The minimum absolute atomic E-state index is 0.00364. The number of allylic oxidation sites excluding steroid dienone is 1. The molecule has 86 valence electrons. The third-order valence-electron chi connectivity index (χ3n) is 2.25. The Morgan fingerprint density at radius 2 is 1.60 bits per heavy atom. The molecule has 0 aromatic rings. The van der Waals surface area contributed by atoms with Crippen molar-refractivity contribution in [3.63, 3.8) is 0 Å². The molecule has 2 N–H and O–H groups in total. The second-order valence-corrected chi connectivity index (χ2v) is 3.38. The van der Waals surface area contributed by atoms with Crippen LogP contribution in [0.25, 0.3) is 0 Å². The van der Waals surface area contributed by atoms with Crippen molar-refractivity contribution in [2.45, 2.75) is 46.0 Å². The zero-order valence-corrected chi connectivity index (χ0v) is 9.25. The number of hydrogen-bond donors (Lipinski definition) is 2. The van der Waals surface area contributed by atoms with Gasteiger partial charge in [0.1, 0.15) is 0 Å². The summed E-state index contributed by atoms with van der Waals surface area (Å²) >= 11 is 0. The fraction of sp³-hybridized carbons (Fsp3) is 0.636. The molecule has 0 spiro atoms. The Morgan fingerprint density at radius 3 is 1.93 bits per heavy atom. The molecule has 0 saturated heterocycles. The maximum absolute atomic E-state index is 10.9. The van der Waals surface area contributed by atoms with Crippen molar-refractivity contribution >= 4 is 11.9 Å². The van der Waals surface area contributed by atoms with Crippen LogP contribution in [0.5, 0.6) is 0 Å². The number of hydrogen-bond acceptors (Lipinski definition) is 2. The van der Waals surface area contributed by atoms with Gasteiger partial charge in [0.2, 0.25) is 0 Å². The van der Waals surface area contributed by atoms with Crippen LogP contribution in [0.1, 0.15) is 46.0 Å². The number of rotatable bonds is 7. The van der Waals surface area contributed by atoms with Crippen molar-refractivity contribution in [1.29, 1.82) is 0 Å². The molecule has 0 aliphatic heterocycles. The highest BCUT2D eigenvalue weighted by molar-refractivity contribution is 5.87. The summed E-state index contributed by atoms with van der Waals surface area (Å²) in [4.78, 5) is 21.3. The Labute approximate surface area is 89.6 Å². The van der Waals surface area contributed by atoms with Gasteiger partial charge in [-0.2, -0.15) is 0 Å². The maximum Gasteiger partial charge on any atom is 0.331 e. The van der Waals surface area contributed by atoms with Gasteiger partial charge in [-0.3, -0.25) is 4.79 Å². The van der Waals surface area contributed by atoms with Crippen LogP contribution in [0, 0.1) is 0 Å². The molecule has 0 heterocycles. The fourth-order valence-electron chi connectivity index (χ4n) is 1.48. The summed E-state index contributed by atoms with van der Waals surface area (Å²) in [7, 11) is 0. The Kier molecular flexibility index (Phi) is 6.42. The average Bonchev–Trinajstić information content (AvgIpc) is 2.16. The summed E-state index contributed by atoms with van der Waals surface area (Å²) in [6, 6.07) is 0. The van der Waals surface area contributed by atoms with Crippen molar-refractivity contribution in [1.82, 2.24) is 0 Å². The van der Waals surface area contributed by atoms with E-state index in [1.807, 2.05) is 13.8 Å². The van der Waals surface area contributed by atoms with E-state index in [0.29, 0.717) is 24.8 Å². The molecule has 0 aliphatic rings. The van der Waals surface area contributed by atoms with Gasteiger partial charge in [0.05, 0.1) is 0 Å². The molecule has 0 aromatic carbocycles. The van der Waals surface area contributed by atoms with E-state index in [1.165, 1.54) is 0 Å². The molecular weight excluding hydrogens is 196 g/mol. The summed E-state index contributed by atoms with van der Waals surface area (Å²) in [5.74, 6) is -1.80. The lowest BCUT2D eigenvalue weighted by atomic mass is 9.97. The first-order valence-corrected chi connectivity index (χ1v) is 5.18. The van der Waals surface area contributed by atoms with Gasteiger partial charge < -0.3 is 10.2 Å². The molecule has 0 radical (unpaired) electrons. The molecule has 0 aromatic heterocycles. The quantitative estimate of drug-likeness (QED) is 0.638. The molecule has 0 bridgehead atoms. The number of aliphatic carboxylic acids is 2. The van der Waals surface area contributed by atoms with Crippen LogP contribution >= 0.6 is 0 Å². The normalized spacial score (nSPS) is 12.1. The molecule has 0 unspecified atom stereocenters. The Morgan fingerprint density at radius 1 is 1.00 bits per heavy atom. The van der Waals surface area contributed by atoms with E-state index in [0.717, 1.165) is 12.0 Å². The zero-order chi connectivity index (χ0) is 11.8. The Hall–Kier alpha value is -1.32. The molecule has 0 saturated carbocycles. The van der Waals surface area contributed by atoms with Crippen LogP contribution in [0.4, 0.5) is 0 Å². The summed E-state index contributed by atoms with van der Waals surface area (Å²) in [6.07, 6.45) is 2.22. The molecule has 0 fully saturated rings. The van der Waals surface area contributed by atoms with Crippen LogP contribution < -0.4 is 0 Å². The van der Waals surface area contributed by atoms with E-state index in [-0.39, 0.29) is 6.42 Å². The lowest BCUT2D eigenvalue weighted by Gasteiger charge is -2.08. The Bertz CT molecular complexity index is 266. The Balaban J connectivity index is 4.71. The molecule has 0 aliphatic carbocycles. The fourth-order valence-corrected chi connectivity index (χ4v) is 1.48. The SMILES string of the molecule is CCCC(C(=O)O)=C(CC)CCC(=O)O. The van der Waals surface area contributed by atoms with Crippen LogP contribution in [0.15, 0.2) is 11.1 Å². The summed E-state index contributed by atoms with van der Waals surface area (Å²) in [5.41, 5.74) is 1.15. The average molecular weight is 214 g/mol. The van der Waals surface area contributed by atoms with Crippen molar-refractivity contribution in [2.75, 3.05) is 0 Å². The molecular formula is C11H18O4. The van der Waals surface area contributed by atoms with E-state index in [9.17, 15) is 9.59 Å². The highest BCUT2D eigenvalue weighted by Crippen LogP contribution is 2.19. The first-order valence-electron chi connectivity index (χ1n) is 5.18. The van der Waals surface area contributed by atoms with Crippen molar-refractivity contribution in [2.24, 2.45) is 0 Å². The predicted molar refractivity (Wildman–Crippen MR) is 56.7 cm³/mol. The highest BCUT2D eigenvalue weighted by atomic mass is 16.4. The van der Waals surface area contributed by atoms with E-state index < -0.39 is 11.9 Å². The summed E-state index contributed by atoms with van der Waals surface area (Å²) < 4.78 is 0. The standard InChI is InChI=1S/C11H18O4/c1-3-5-9(11(14)15)8(4-2)6-7-10(12)13/h3-7H2,1-2H3,(H,12,13)(H,14,15). The molecule has 15 heavy (non-hydrogen) atoms. The van der Waals surface area contributed by atoms with Crippen LogP contribution in [0.3, 0.4) is 0 Å².